The van der Waals surface area contributed by atoms with Crippen LogP contribution in [0.15, 0.2) is 12.1 Å². The zero-order chi connectivity index (χ0) is 13.0. The first-order chi connectivity index (χ1) is 7.95. The molecule has 17 heavy (non-hydrogen) atoms. The van der Waals surface area contributed by atoms with Gasteiger partial charge in [0, 0.05) is 6.42 Å². The van der Waals surface area contributed by atoms with Crippen molar-refractivity contribution in [3.05, 3.63) is 34.9 Å². The molecule has 0 saturated carbocycles. The van der Waals surface area contributed by atoms with Gasteiger partial charge in [-0.15, -0.1) is 0 Å². The van der Waals surface area contributed by atoms with Crippen molar-refractivity contribution in [1.29, 1.82) is 0 Å². The van der Waals surface area contributed by atoms with Gasteiger partial charge in [-0.1, -0.05) is 19.4 Å². The Kier molecular flexibility index (Phi) is 4.79. The van der Waals surface area contributed by atoms with Crippen molar-refractivity contribution < 1.29 is 13.6 Å². The molecule has 1 aromatic carbocycles. The molecule has 0 bridgehead atoms. The number of aryl methyl sites for hydroxylation is 1. The largest absolute Gasteiger partial charge is 0.300 e. The summed E-state index contributed by atoms with van der Waals surface area (Å²) in [5, 5.41) is 0. The molecule has 0 amide bonds. The quantitative estimate of drug-likeness (QED) is 0.756. The monoisotopic (exact) mass is 240 g/mol. The van der Waals surface area contributed by atoms with E-state index in [2.05, 4.69) is 0 Å². The van der Waals surface area contributed by atoms with Gasteiger partial charge in [0.2, 0.25) is 0 Å². The molecule has 0 N–H and O–H groups in total. The van der Waals surface area contributed by atoms with Crippen LogP contribution in [0.2, 0.25) is 0 Å². The average molecular weight is 240 g/mol. The maximum atomic E-state index is 13.3. The van der Waals surface area contributed by atoms with Gasteiger partial charge in [0.25, 0.3) is 0 Å². The highest BCUT2D eigenvalue weighted by Crippen LogP contribution is 2.28. The van der Waals surface area contributed by atoms with Gasteiger partial charge < -0.3 is 4.79 Å². The number of carbonyl (C=O) groups is 1. The molecule has 0 spiro atoms. The molecule has 1 nitrogen and oxygen atoms in total. The molecule has 0 heterocycles. The molecular weight excluding hydrogens is 222 g/mol. The molecule has 0 aliphatic carbocycles. The van der Waals surface area contributed by atoms with Gasteiger partial charge in [-0.2, -0.15) is 0 Å². The maximum Gasteiger partial charge on any atom is 0.161 e. The molecule has 1 unspecified atom stereocenters. The van der Waals surface area contributed by atoms with Crippen LogP contribution < -0.4 is 0 Å². The van der Waals surface area contributed by atoms with Crippen LogP contribution >= 0.6 is 0 Å². The van der Waals surface area contributed by atoms with E-state index in [0.29, 0.717) is 12.0 Å². The van der Waals surface area contributed by atoms with Crippen LogP contribution in [-0.2, 0) is 4.79 Å². The van der Waals surface area contributed by atoms with Crippen molar-refractivity contribution in [3.63, 3.8) is 0 Å². The van der Waals surface area contributed by atoms with Crippen molar-refractivity contribution >= 4 is 5.78 Å². The molecule has 1 atom stereocenters. The molecule has 0 aliphatic heterocycles. The van der Waals surface area contributed by atoms with E-state index >= 15 is 0 Å². The van der Waals surface area contributed by atoms with E-state index in [4.69, 9.17) is 0 Å². The fraction of sp³-hybridized carbons (Fsp3) is 0.500. The Morgan fingerprint density at radius 2 is 2.00 bits per heavy atom. The van der Waals surface area contributed by atoms with Crippen LogP contribution in [0.25, 0.3) is 0 Å². The van der Waals surface area contributed by atoms with E-state index in [0.717, 1.165) is 18.4 Å². The predicted octanol–water partition coefficient (Wildman–Crippen LogP) is 4.14. The molecular formula is C14H18F2O. The number of benzene rings is 1. The summed E-state index contributed by atoms with van der Waals surface area (Å²) in [7, 11) is 0. The Morgan fingerprint density at radius 3 is 2.47 bits per heavy atom. The highest BCUT2D eigenvalue weighted by atomic mass is 19.2. The van der Waals surface area contributed by atoms with Crippen LogP contribution in [0.3, 0.4) is 0 Å². The van der Waals surface area contributed by atoms with Crippen molar-refractivity contribution in [2.75, 3.05) is 0 Å². The third kappa shape index (κ3) is 3.62. The van der Waals surface area contributed by atoms with Gasteiger partial charge in [0.15, 0.2) is 11.6 Å². The molecule has 94 valence electrons. The Labute approximate surface area is 101 Å². The fourth-order valence-electron chi connectivity index (χ4n) is 2.07. The number of rotatable bonds is 5. The van der Waals surface area contributed by atoms with Crippen molar-refractivity contribution in [3.8, 4) is 0 Å². The molecule has 3 heteroatoms. The lowest BCUT2D eigenvalue weighted by Gasteiger charge is -2.16. The first kappa shape index (κ1) is 13.8. The minimum atomic E-state index is -0.829. The second-order valence-electron chi connectivity index (χ2n) is 4.53. The molecule has 0 aromatic heterocycles. The Hall–Kier alpha value is -1.25. The minimum absolute atomic E-state index is 0.00806. The maximum absolute atomic E-state index is 13.3. The third-order valence-electron chi connectivity index (χ3n) is 2.87. The molecule has 1 rings (SSSR count). The Balaban J connectivity index is 3.05. The standard InChI is InChI=1S/C14H18F2O/c1-4-5-11(7-10(3)17)12-6-9(2)14(16)13(15)8-12/h6,8,11H,4-5,7H2,1-3H3. The Bertz CT molecular complexity index is 390. The molecule has 0 saturated heterocycles. The minimum Gasteiger partial charge on any atom is -0.300 e. The van der Waals surface area contributed by atoms with E-state index in [1.54, 1.807) is 13.0 Å². The highest BCUT2D eigenvalue weighted by Gasteiger charge is 2.16. The van der Waals surface area contributed by atoms with Crippen molar-refractivity contribution in [2.45, 2.75) is 46.0 Å². The Morgan fingerprint density at radius 1 is 1.35 bits per heavy atom. The fourth-order valence-corrected chi connectivity index (χ4v) is 2.07. The van der Waals surface area contributed by atoms with E-state index in [1.165, 1.54) is 13.0 Å². The van der Waals surface area contributed by atoms with Crippen molar-refractivity contribution in [2.24, 2.45) is 0 Å². The van der Waals surface area contributed by atoms with Crippen LogP contribution in [-0.4, -0.2) is 5.78 Å². The summed E-state index contributed by atoms with van der Waals surface area (Å²) in [6.45, 7) is 5.08. The topological polar surface area (TPSA) is 17.1 Å². The first-order valence-corrected chi connectivity index (χ1v) is 5.90. The number of hydrogen-bond donors (Lipinski definition) is 0. The van der Waals surface area contributed by atoms with Gasteiger partial charge in [-0.3, -0.25) is 0 Å². The second-order valence-corrected chi connectivity index (χ2v) is 4.53. The molecule has 1 aromatic rings. The first-order valence-electron chi connectivity index (χ1n) is 5.90. The molecule has 0 aliphatic rings. The van der Waals surface area contributed by atoms with Crippen LogP contribution in [0.1, 0.15) is 50.2 Å². The third-order valence-corrected chi connectivity index (χ3v) is 2.87. The van der Waals surface area contributed by atoms with Crippen LogP contribution in [0, 0.1) is 18.6 Å². The zero-order valence-corrected chi connectivity index (χ0v) is 10.5. The van der Waals surface area contributed by atoms with Crippen LogP contribution in [0.5, 0.6) is 0 Å². The molecule has 0 radical (unpaired) electrons. The predicted molar refractivity (Wildman–Crippen MR) is 64.0 cm³/mol. The van der Waals surface area contributed by atoms with Gasteiger partial charge in [-0.05, 0) is 43.4 Å². The summed E-state index contributed by atoms with van der Waals surface area (Å²) in [4.78, 5) is 11.2. The lowest BCUT2D eigenvalue weighted by molar-refractivity contribution is -0.117. The summed E-state index contributed by atoms with van der Waals surface area (Å²) in [6, 6.07) is 2.85. The zero-order valence-electron chi connectivity index (χ0n) is 10.5. The number of Topliss-reactive ketones (excluding diaryl/α,β-unsaturated/α-hetero) is 1. The van der Waals surface area contributed by atoms with Gasteiger partial charge in [-0.25, -0.2) is 8.78 Å². The van der Waals surface area contributed by atoms with Gasteiger partial charge in [0.05, 0.1) is 0 Å². The lowest BCUT2D eigenvalue weighted by Crippen LogP contribution is -2.06. The summed E-state index contributed by atoms with van der Waals surface area (Å²) in [5.74, 6) is -1.56. The smallest absolute Gasteiger partial charge is 0.161 e. The summed E-state index contributed by atoms with van der Waals surface area (Å²) >= 11 is 0. The van der Waals surface area contributed by atoms with Crippen LogP contribution in [0.4, 0.5) is 8.78 Å². The lowest BCUT2D eigenvalue weighted by atomic mass is 9.89. The summed E-state index contributed by atoms with van der Waals surface area (Å²) in [5.41, 5.74) is 1.02. The van der Waals surface area contributed by atoms with Gasteiger partial charge in [0.1, 0.15) is 5.78 Å². The summed E-state index contributed by atoms with van der Waals surface area (Å²) < 4.78 is 26.5. The van der Waals surface area contributed by atoms with E-state index < -0.39 is 11.6 Å². The van der Waals surface area contributed by atoms with E-state index in [1.807, 2.05) is 6.92 Å². The van der Waals surface area contributed by atoms with E-state index in [-0.39, 0.29) is 11.7 Å². The number of ketones is 1. The number of hydrogen-bond acceptors (Lipinski definition) is 1. The SMILES string of the molecule is CCCC(CC(C)=O)c1cc(C)c(F)c(F)c1. The highest BCUT2D eigenvalue weighted by molar-refractivity contribution is 5.76. The second kappa shape index (κ2) is 5.89. The molecule has 0 fully saturated rings. The number of halogens is 2. The van der Waals surface area contributed by atoms with Gasteiger partial charge >= 0.3 is 0 Å². The summed E-state index contributed by atoms with van der Waals surface area (Å²) in [6.07, 6.45) is 2.11. The van der Waals surface area contributed by atoms with Crippen molar-refractivity contribution in [1.82, 2.24) is 0 Å². The van der Waals surface area contributed by atoms with E-state index in [9.17, 15) is 13.6 Å². The number of carbonyl (C=O) groups excluding carboxylic acids is 1. The normalized spacial score (nSPS) is 12.5. The average Bonchev–Trinajstić information content (AvgIpc) is 2.24.